The van der Waals surface area contributed by atoms with E-state index >= 15 is 0 Å². The molecule has 0 aliphatic heterocycles. The molecule has 2 rings (SSSR count). The molecule has 0 N–H and O–H groups in total. The van der Waals surface area contributed by atoms with E-state index < -0.39 is 0 Å². The second kappa shape index (κ2) is 7.15. The fraction of sp³-hybridized carbons (Fsp3) is 0.235. The SMILES string of the molecule is COc1cccc(CC(=O)CC(S)c2ccccc2)c1. The molecule has 104 valence electrons. The molecule has 0 aliphatic carbocycles. The second-order valence-corrected chi connectivity index (χ2v) is 5.32. The Kier molecular flexibility index (Phi) is 5.24. The van der Waals surface area contributed by atoms with Crippen molar-refractivity contribution in [3.05, 3.63) is 65.7 Å². The van der Waals surface area contributed by atoms with E-state index in [2.05, 4.69) is 12.6 Å². The first-order valence-corrected chi connectivity index (χ1v) is 7.08. The van der Waals surface area contributed by atoms with Gasteiger partial charge in [-0.2, -0.15) is 12.6 Å². The Morgan fingerprint density at radius 3 is 2.60 bits per heavy atom. The minimum absolute atomic E-state index is 0.0469. The predicted octanol–water partition coefficient (Wildman–Crippen LogP) is 3.87. The minimum Gasteiger partial charge on any atom is -0.497 e. The zero-order valence-electron chi connectivity index (χ0n) is 11.5. The largest absolute Gasteiger partial charge is 0.497 e. The number of ether oxygens (including phenoxy) is 1. The maximum absolute atomic E-state index is 12.1. The molecule has 0 bridgehead atoms. The van der Waals surface area contributed by atoms with Gasteiger partial charge in [-0.3, -0.25) is 4.79 Å². The number of methoxy groups -OCH3 is 1. The van der Waals surface area contributed by atoms with Gasteiger partial charge in [0.05, 0.1) is 7.11 Å². The number of hydrogen-bond donors (Lipinski definition) is 1. The predicted molar refractivity (Wildman–Crippen MR) is 84.5 cm³/mol. The van der Waals surface area contributed by atoms with Crippen LogP contribution in [0.1, 0.15) is 22.8 Å². The van der Waals surface area contributed by atoms with E-state index in [1.165, 1.54) is 0 Å². The lowest BCUT2D eigenvalue weighted by Gasteiger charge is -2.10. The molecule has 0 aliphatic rings. The van der Waals surface area contributed by atoms with Gasteiger partial charge in [0.25, 0.3) is 0 Å². The van der Waals surface area contributed by atoms with Crippen molar-refractivity contribution in [1.82, 2.24) is 0 Å². The summed E-state index contributed by atoms with van der Waals surface area (Å²) in [5.41, 5.74) is 2.05. The third kappa shape index (κ3) is 4.14. The summed E-state index contributed by atoms with van der Waals surface area (Å²) in [6.07, 6.45) is 0.853. The topological polar surface area (TPSA) is 26.3 Å². The molecular weight excluding hydrogens is 268 g/mol. The monoisotopic (exact) mass is 286 g/mol. The van der Waals surface area contributed by atoms with Crippen LogP contribution < -0.4 is 4.74 Å². The molecule has 0 saturated heterocycles. The summed E-state index contributed by atoms with van der Waals surface area (Å²) in [6.45, 7) is 0. The Morgan fingerprint density at radius 2 is 1.90 bits per heavy atom. The van der Waals surface area contributed by atoms with Gasteiger partial charge in [-0.1, -0.05) is 42.5 Å². The number of thiol groups is 1. The highest BCUT2D eigenvalue weighted by atomic mass is 32.1. The molecular formula is C17H18O2S. The molecule has 0 heterocycles. The van der Waals surface area contributed by atoms with Crippen LogP contribution in [0.15, 0.2) is 54.6 Å². The van der Waals surface area contributed by atoms with Crippen LogP contribution in [0.25, 0.3) is 0 Å². The first kappa shape index (κ1) is 14.7. The third-order valence-electron chi connectivity index (χ3n) is 3.14. The Hall–Kier alpha value is -1.74. The molecule has 1 atom stereocenters. The van der Waals surface area contributed by atoms with Crippen molar-refractivity contribution < 1.29 is 9.53 Å². The molecule has 0 fully saturated rings. The Labute approximate surface area is 125 Å². The lowest BCUT2D eigenvalue weighted by molar-refractivity contribution is -0.118. The van der Waals surface area contributed by atoms with E-state index in [1.807, 2.05) is 54.6 Å². The van der Waals surface area contributed by atoms with Crippen LogP contribution in [0, 0.1) is 0 Å². The lowest BCUT2D eigenvalue weighted by atomic mass is 10.0. The molecule has 20 heavy (non-hydrogen) atoms. The summed E-state index contributed by atoms with van der Waals surface area (Å²) in [7, 11) is 1.63. The van der Waals surface area contributed by atoms with E-state index in [0.717, 1.165) is 16.9 Å². The zero-order chi connectivity index (χ0) is 14.4. The van der Waals surface area contributed by atoms with Crippen molar-refractivity contribution in [3.63, 3.8) is 0 Å². The molecule has 3 heteroatoms. The average molecular weight is 286 g/mol. The van der Waals surface area contributed by atoms with Crippen molar-refractivity contribution in [2.24, 2.45) is 0 Å². The van der Waals surface area contributed by atoms with E-state index in [4.69, 9.17) is 4.74 Å². The van der Waals surface area contributed by atoms with Crippen LogP contribution in [-0.4, -0.2) is 12.9 Å². The molecule has 1 unspecified atom stereocenters. The maximum Gasteiger partial charge on any atom is 0.138 e. The van der Waals surface area contributed by atoms with E-state index in [1.54, 1.807) is 7.11 Å². The average Bonchev–Trinajstić information content (AvgIpc) is 2.48. The fourth-order valence-corrected chi connectivity index (χ4v) is 2.47. The van der Waals surface area contributed by atoms with E-state index in [-0.39, 0.29) is 11.0 Å². The number of rotatable bonds is 6. The van der Waals surface area contributed by atoms with Gasteiger partial charge >= 0.3 is 0 Å². The summed E-state index contributed by atoms with van der Waals surface area (Å²) < 4.78 is 5.16. The van der Waals surface area contributed by atoms with Crippen LogP contribution in [0.5, 0.6) is 5.75 Å². The highest BCUT2D eigenvalue weighted by Crippen LogP contribution is 2.24. The van der Waals surface area contributed by atoms with Gasteiger partial charge in [0.2, 0.25) is 0 Å². The smallest absolute Gasteiger partial charge is 0.138 e. The Balaban J connectivity index is 1.95. The van der Waals surface area contributed by atoms with E-state index in [9.17, 15) is 4.79 Å². The molecule has 0 spiro atoms. The molecule has 0 aromatic heterocycles. The van der Waals surface area contributed by atoms with Gasteiger partial charge in [-0.25, -0.2) is 0 Å². The number of benzene rings is 2. The standard InChI is InChI=1S/C17H18O2S/c1-19-16-9-5-6-13(11-16)10-15(18)12-17(20)14-7-3-2-4-8-14/h2-9,11,17,20H,10,12H2,1H3. The molecule has 2 aromatic carbocycles. The van der Waals surface area contributed by atoms with Crippen LogP contribution in [0.3, 0.4) is 0 Å². The van der Waals surface area contributed by atoms with Gasteiger partial charge in [0.1, 0.15) is 11.5 Å². The van der Waals surface area contributed by atoms with Crippen molar-refractivity contribution >= 4 is 18.4 Å². The molecule has 0 radical (unpaired) electrons. The van der Waals surface area contributed by atoms with Gasteiger partial charge < -0.3 is 4.74 Å². The van der Waals surface area contributed by atoms with Crippen LogP contribution in [0.4, 0.5) is 0 Å². The number of carbonyl (C=O) groups excluding carboxylic acids is 1. The van der Waals surface area contributed by atoms with E-state index in [0.29, 0.717) is 12.8 Å². The molecule has 0 amide bonds. The van der Waals surface area contributed by atoms with Gasteiger partial charge in [-0.15, -0.1) is 0 Å². The van der Waals surface area contributed by atoms with Gasteiger partial charge in [-0.05, 0) is 23.3 Å². The van der Waals surface area contributed by atoms with Crippen molar-refractivity contribution in [2.75, 3.05) is 7.11 Å². The Morgan fingerprint density at radius 1 is 1.15 bits per heavy atom. The lowest BCUT2D eigenvalue weighted by Crippen LogP contribution is -2.06. The summed E-state index contributed by atoms with van der Waals surface area (Å²) in [5.74, 6) is 0.961. The highest BCUT2D eigenvalue weighted by molar-refractivity contribution is 7.80. The zero-order valence-corrected chi connectivity index (χ0v) is 12.3. The summed E-state index contributed by atoms with van der Waals surface area (Å²) in [6, 6.07) is 17.5. The van der Waals surface area contributed by atoms with Crippen molar-refractivity contribution in [1.29, 1.82) is 0 Å². The van der Waals surface area contributed by atoms with Gasteiger partial charge in [0.15, 0.2) is 0 Å². The summed E-state index contributed by atoms with van der Waals surface area (Å²) in [5, 5.41) is -0.0469. The molecule has 2 nitrogen and oxygen atoms in total. The summed E-state index contributed by atoms with van der Waals surface area (Å²) >= 11 is 4.52. The molecule has 2 aromatic rings. The first-order chi connectivity index (χ1) is 9.69. The van der Waals surface area contributed by atoms with Crippen LogP contribution in [0.2, 0.25) is 0 Å². The van der Waals surface area contributed by atoms with Crippen LogP contribution >= 0.6 is 12.6 Å². The normalized spacial score (nSPS) is 11.9. The van der Waals surface area contributed by atoms with Crippen LogP contribution in [-0.2, 0) is 11.2 Å². The highest BCUT2D eigenvalue weighted by Gasteiger charge is 2.12. The number of Topliss-reactive ketones (excluding diaryl/α,β-unsaturated/α-hetero) is 1. The number of ketones is 1. The van der Waals surface area contributed by atoms with Crippen molar-refractivity contribution in [2.45, 2.75) is 18.1 Å². The minimum atomic E-state index is -0.0469. The fourth-order valence-electron chi connectivity index (χ4n) is 2.09. The third-order valence-corrected chi connectivity index (χ3v) is 3.62. The first-order valence-electron chi connectivity index (χ1n) is 6.56. The van der Waals surface area contributed by atoms with Crippen molar-refractivity contribution in [3.8, 4) is 5.75 Å². The maximum atomic E-state index is 12.1. The summed E-state index contributed by atoms with van der Waals surface area (Å²) in [4.78, 5) is 12.1. The number of carbonyl (C=O) groups is 1. The Bertz CT molecular complexity index is 566. The number of hydrogen-bond acceptors (Lipinski definition) is 3. The quantitative estimate of drug-likeness (QED) is 0.816. The second-order valence-electron chi connectivity index (χ2n) is 4.70. The van der Waals surface area contributed by atoms with Gasteiger partial charge in [0, 0.05) is 18.1 Å². The molecule has 0 saturated carbocycles.